The molecule has 0 radical (unpaired) electrons. The quantitative estimate of drug-likeness (QED) is 0.451. The van der Waals surface area contributed by atoms with Crippen molar-refractivity contribution in [2.75, 3.05) is 14.1 Å². The van der Waals surface area contributed by atoms with Gasteiger partial charge in [-0.25, -0.2) is 4.99 Å². The first-order chi connectivity index (χ1) is 6.54. The van der Waals surface area contributed by atoms with Crippen LogP contribution in [0.15, 0.2) is 29.3 Å². The Morgan fingerprint density at radius 3 is 2.50 bits per heavy atom. The molecule has 5 nitrogen and oxygen atoms in total. The minimum absolute atomic E-state index is 0.208. The number of hydrogen-bond donors (Lipinski definition) is 3. The number of amidine groups is 1. The Morgan fingerprint density at radius 1 is 1.57 bits per heavy atom. The maximum atomic E-state index is 7.63. The fourth-order valence-corrected chi connectivity index (χ4v) is 0.763. The van der Waals surface area contributed by atoms with E-state index in [0.717, 1.165) is 0 Å². The van der Waals surface area contributed by atoms with E-state index in [0.29, 0.717) is 5.82 Å². The van der Waals surface area contributed by atoms with Crippen LogP contribution in [-0.4, -0.2) is 31.0 Å². The van der Waals surface area contributed by atoms with Crippen molar-refractivity contribution in [2.45, 2.75) is 6.92 Å². The first-order valence-electron chi connectivity index (χ1n) is 4.16. The highest BCUT2D eigenvalue weighted by atomic mass is 15.1. The molecule has 0 aromatic rings. The van der Waals surface area contributed by atoms with Gasteiger partial charge in [-0.1, -0.05) is 6.58 Å². The summed E-state index contributed by atoms with van der Waals surface area (Å²) in [6.45, 7) is 5.29. The van der Waals surface area contributed by atoms with Gasteiger partial charge in [0.2, 0.25) is 0 Å². The molecule has 0 aromatic heterocycles. The molecule has 4 N–H and O–H groups in total. The maximum Gasteiger partial charge on any atom is 0.156 e. The first kappa shape index (κ1) is 12.2. The van der Waals surface area contributed by atoms with E-state index in [1.54, 1.807) is 32.1 Å². The van der Waals surface area contributed by atoms with Gasteiger partial charge >= 0.3 is 0 Å². The van der Waals surface area contributed by atoms with Crippen LogP contribution in [0.4, 0.5) is 0 Å². The van der Waals surface area contributed by atoms with Crippen LogP contribution in [0, 0.1) is 5.41 Å². The van der Waals surface area contributed by atoms with Crippen LogP contribution in [0.5, 0.6) is 0 Å². The highest BCUT2D eigenvalue weighted by Gasteiger charge is 2.08. The summed E-state index contributed by atoms with van der Waals surface area (Å²) >= 11 is 0. The van der Waals surface area contributed by atoms with E-state index in [2.05, 4.69) is 16.9 Å². The standard InChI is InChI=1S/C9H17N5/c1-5-12-9(13-6-2)7(10)8(11)14(3)4/h5-6,11-12H,1,10H2,2-4H3/b9-7+,11-8?,13-6-. The minimum Gasteiger partial charge on any atom is -0.393 e. The van der Waals surface area contributed by atoms with Crippen LogP contribution in [0.1, 0.15) is 6.92 Å². The van der Waals surface area contributed by atoms with Crippen LogP contribution in [0.25, 0.3) is 0 Å². The van der Waals surface area contributed by atoms with Gasteiger partial charge in [0.25, 0.3) is 0 Å². The lowest BCUT2D eigenvalue weighted by atomic mass is 10.3. The summed E-state index contributed by atoms with van der Waals surface area (Å²) in [5.74, 6) is 0.640. The van der Waals surface area contributed by atoms with Crippen molar-refractivity contribution in [3.8, 4) is 0 Å². The molecular formula is C9H17N5. The summed E-state index contributed by atoms with van der Waals surface area (Å²) in [4.78, 5) is 5.60. The number of likely N-dealkylation sites (N-methyl/N-ethyl adjacent to an activating group) is 1. The van der Waals surface area contributed by atoms with Crippen LogP contribution in [0.3, 0.4) is 0 Å². The molecule has 0 saturated heterocycles. The maximum absolute atomic E-state index is 7.63. The van der Waals surface area contributed by atoms with Crippen LogP contribution in [-0.2, 0) is 0 Å². The molecule has 0 spiro atoms. The van der Waals surface area contributed by atoms with E-state index >= 15 is 0 Å². The molecule has 0 aliphatic carbocycles. The molecule has 0 amide bonds. The van der Waals surface area contributed by atoms with Gasteiger partial charge < -0.3 is 16.0 Å². The fourth-order valence-electron chi connectivity index (χ4n) is 0.763. The third kappa shape index (κ3) is 3.30. The van der Waals surface area contributed by atoms with Crippen molar-refractivity contribution >= 4 is 12.1 Å². The summed E-state index contributed by atoms with van der Waals surface area (Å²) < 4.78 is 0. The highest BCUT2D eigenvalue weighted by Crippen LogP contribution is 2.00. The zero-order valence-electron chi connectivity index (χ0n) is 8.83. The van der Waals surface area contributed by atoms with Crippen molar-refractivity contribution in [1.82, 2.24) is 10.2 Å². The molecule has 0 unspecified atom stereocenters. The Kier molecular flexibility index (Phi) is 5.06. The van der Waals surface area contributed by atoms with Crippen molar-refractivity contribution in [2.24, 2.45) is 10.7 Å². The third-order valence-electron chi connectivity index (χ3n) is 1.45. The second-order valence-corrected chi connectivity index (χ2v) is 2.74. The molecule has 0 aliphatic rings. The lowest BCUT2D eigenvalue weighted by molar-refractivity contribution is 0.614. The molecule has 78 valence electrons. The van der Waals surface area contributed by atoms with Crippen molar-refractivity contribution < 1.29 is 0 Å². The molecular weight excluding hydrogens is 178 g/mol. The molecule has 0 aromatic carbocycles. The van der Waals surface area contributed by atoms with Crippen LogP contribution >= 0.6 is 0 Å². The van der Waals surface area contributed by atoms with Gasteiger partial charge in [-0.2, -0.15) is 0 Å². The van der Waals surface area contributed by atoms with E-state index in [4.69, 9.17) is 11.1 Å². The van der Waals surface area contributed by atoms with Gasteiger partial charge in [-0.05, 0) is 13.1 Å². The normalized spacial score (nSPS) is 12.2. The topological polar surface area (TPSA) is 77.5 Å². The van der Waals surface area contributed by atoms with Gasteiger partial charge in [0.05, 0.1) is 0 Å². The molecule has 0 atom stereocenters. The number of hydrogen-bond acceptors (Lipinski definition) is 4. The lowest BCUT2D eigenvalue weighted by Crippen LogP contribution is -2.29. The van der Waals surface area contributed by atoms with Crippen molar-refractivity contribution in [3.63, 3.8) is 0 Å². The number of aliphatic imine (C=N–C) groups is 1. The number of nitrogens with one attached hydrogen (secondary N) is 2. The Labute approximate surface area is 84.5 Å². The molecule has 14 heavy (non-hydrogen) atoms. The molecule has 0 bridgehead atoms. The van der Waals surface area contributed by atoms with Crippen molar-refractivity contribution in [1.29, 1.82) is 5.41 Å². The average Bonchev–Trinajstić information content (AvgIpc) is 2.15. The van der Waals surface area contributed by atoms with E-state index in [1.165, 1.54) is 6.20 Å². The molecule has 0 aliphatic heterocycles. The molecule has 5 heteroatoms. The molecule has 0 rings (SSSR count). The summed E-state index contributed by atoms with van der Waals surface area (Å²) in [6, 6.07) is 0. The average molecular weight is 195 g/mol. The summed E-state index contributed by atoms with van der Waals surface area (Å²) in [5, 5.41) is 10.4. The Morgan fingerprint density at radius 2 is 2.14 bits per heavy atom. The van der Waals surface area contributed by atoms with E-state index in [9.17, 15) is 0 Å². The third-order valence-corrected chi connectivity index (χ3v) is 1.45. The highest BCUT2D eigenvalue weighted by molar-refractivity contribution is 5.95. The molecule has 0 saturated carbocycles. The molecule has 0 heterocycles. The largest absolute Gasteiger partial charge is 0.393 e. The minimum atomic E-state index is 0.208. The second-order valence-electron chi connectivity index (χ2n) is 2.74. The van der Waals surface area contributed by atoms with E-state index in [1.807, 2.05) is 0 Å². The second kappa shape index (κ2) is 5.80. The Balaban J connectivity index is 4.97. The SMILES string of the molecule is C=CNC(/N=C\C)=C(\N)C(=N)N(C)C. The Bertz CT molecular complexity index is 275. The summed E-state index contributed by atoms with van der Waals surface area (Å²) in [5.41, 5.74) is 6.01. The number of rotatable bonds is 4. The zero-order valence-corrected chi connectivity index (χ0v) is 8.83. The lowest BCUT2D eigenvalue weighted by Gasteiger charge is -2.15. The molecule has 0 fully saturated rings. The number of nitrogens with zero attached hydrogens (tertiary/aromatic N) is 2. The summed E-state index contributed by atoms with van der Waals surface area (Å²) in [7, 11) is 3.49. The van der Waals surface area contributed by atoms with Gasteiger partial charge in [0.15, 0.2) is 5.82 Å². The smallest absolute Gasteiger partial charge is 0.156 e. The Hall–Kier alpha value is -1.78. The monoisotopic (exact) mass is 195 g/mol. The predicted octanol–water partition coefficient (Wildman–Crippen LogP) is 0.477. The van der Waals surface area contributed by atoms with Gasteiger partial charge in [0.1, 0.15) is 11.5 Å². The zero-order chi connectivity index (χ0) is 11.1. The van der Waals surface area contributed by atoms with E-state index in [-0.39, 0.29) is 11.5 Å². The number of nitrogens with two attached hydrogens (primary N) is 1. The van der Waals surface area contributed by atoms with Crippen LogP contribution in [0.2, 0.25) is 0 Å². The van der Waals surface area contributed by atoms with Gasteiger partial charge in [0, 0.05) is 20.3 Å². The predicted molar refractivity (Wildman–Crippen MR) is 60.1 cm³/mol. The van der Waals surface area contributed by atoms with Gasteiger partial charge in [-0.3, -0.25) is 5.41 Å². The van der Waals surface area contributed by atoms with Crippen molar-refractivity contribution in [3.05, 3.63) is 24.3 Å². The fraction of sp³-hybridized carbons (Fsp3) is 0.333. The van der Waals surface area contributed by atoms with E-state index < -0.39 is 0 Å². The van der Waals surface area contributed by atoms with Gasteiger partial charge in [-0.15, -0.1) is 0 Å². The first-order valence-corrected chi connectivity index (χ1v) is 4.16. The van der Waals surface area contributed by atoms with Crippen LogP contribution < -0.4 is 11.1 Å². The summed E-state index contributed by atoms with van der Waals surface area (Å²) in [6.07, 6.45) is 3.07.